The molecule has 0 radical (unpaired) electrons. The first-order valence-electron chi connectivity index (χ1n) is 8.59. The molecule has 0 saturated carbocycles. The molecule has 2 heterocycles. The zero-order valence-corrected chi connectivity index (χ0v) is 15.0. The average molecular weight is 343 g/mol. The van der Waals surface area contributed by atoms with Gasteiger partial charge in [0.25, 0.3) is 0 Å². The fraction of sp³-hybridized carbons (Fsp3) is 0.474. The van der Waals surface area contributed by atoms with E-state index in [9.17, 15) is 4.79 Å². The van der Waals surface area contributed by atoms with Crippen LogP contribution in [-0.4, -0.2) is 48.0 Å². The van der Waals surface area contributed by atoms with Crippen LogP contribution in [0, 0.1) is 12.8 Å². The second-order valence-corrected chi connectivity index (χ2v) is 6.50. The van der Waals surface area contributed by atoms with Gasteiger partial charge in [0, 0.05) is 37.0 Å². The summed E-state index contributed by atoms with van der Waals surface area (Å²) in [5.41, 5.74) is 1.72. The molecule has 1 aliphatic heterocycles. The molecule has 0 spiro atoms. The van der Waals surface area contributed by atoms with Crippen LogP contribution in [0.2, 0.25) is 0 Å². The smallest absolute Gasteiger partial charge is 0.170 e. The van der Waals surface area contributed by atoms with E-state index in [-0.39, 0.29) is 11.7 Å². The molecule has 0 aliphatic carbocycles. The molecule has 134 valence electrons. The van der Waals surface area contributed by atoms with Gasteiger partial charge in [-0.3, -0.25) is 9.69 Å². The van der Waals surface area contributed by atoms with Gasteiger partial charge in [-0.1, -0.05) is 0 Å². The molecular formula is C19H25N3O3. The van der Waals surface area contributed by atoms with Crippen LogP contribution in [0.4, 0.5) is 0 Å². The number of hydrogen-bond acceptors (Lipinski definition) is 5. The summed E-state index contributed by atoms with van der Waals surface area (Å²) in [7, 11) is 3.19. The number of H-pyrrole nitrogens is 1. The molecule has 1 aliphatic rings. The van der Waals surface area contributed by atoms with Crippen molar-refractivity contribution in [2.75, 3.05) is 27.3 Å². The number of rotatable bonds is 6. The molecule has 25 heavy (non-hydrogen) atoms. The van der Waals surface area contributed by atoms with Crippen molar-refractivity contribution in [1.82, 2.24) is 14.9 Å². The number of aryl methyl sites for hydroxylation is 1. The van der Waals surface area contributed by atoms with E-state index < -0.39 is 0 Å². The summed E-state index contributed by atoms with van der Waals surface area (Å²) in [5.74, 6) is 2.31. The minimum absolute atomic E-state index is 0.0138. The lowest BCUT2D eigenvalue weighted by molar-refractivity contribution is 0.0807. The number of methoxy groups -OCH3 is 2. The van der Waals surface area contributed by atoms with Crippen LogP contribution in [-0.2, 0) is 6.54 Å². The SMILES string of the molecule is COc1ccc(C(=O)[C@H]2CCCN(Cc3cnc(C)[nH]3)C2)c(OC)c1. The van der Waals surface area contributed by atoms with E-state index in [0.29, 0.717) is 17.1 Å². The van der Waals surface area contributed by atoms with Crippen LogP contribution in [0.1, 0.15) is 34.7 Å². The highest BCUT2D eigenvalue weighted by Gasteiger charge is 2.28. The number of imidazole rings is 1. The van der Waals surface area contributed by atoms with Crippen molar-refractivity contribution >= 4 is 5.78 Å². The average Bonchev–Trinajstić information content (AvgIpc) is 3.05. The van der Waals surface area contributed by atoms with Gasteiger partial charge in [0.1, 0.15) is 17.3 Å². The molecule has 0 unspecified atom stereocenters. The van der Waals surface area contributed by atoms with Gasteiger partial charge in [0.05, 0.1) is 19.8 Å². The number of piperidine rings is 1. The van der Waals surface area contributed by atoms with Crippen molar-refractivity contribution in [3.05, 3.63) is 41.5 Å². The lowest BCUT2D eigenvalue weighted by atomic mass is 9.89. The van der Waals surface area contributed by atoms with Gasteiger partial charge in [0.2, 0.25) is 0 Å². The molecule has 1 atom stereocenters. The molecule has 1 N–H and O–H groups in total. The zero-order valence-electron chi connectivity index (χ0n) is 15.0. The van der Waals surface area contributed by atoms with Crippen molar-refractivity contribution in [3.8, 4) is 11.5 Å². The van der Waals surface area contributed by atoms with Gasteiger partial charge < -0.3 is 14.5 Å². The third kappa shape index (κ3) is 4.02. The number of nitrogens with zero attached hydrogens (tertiary/aromatic N) is 2. The molecule has 1 aromatic carbocycles. The Morgan fingerprint density at radius 2 is 2.20 bits per heavy atom. The number of Topliss-reactive ketones (excluding diaryl/α,β-unsaturated/α-hetero) is 1. The van der Waals surface area contributed by atoms with Gasteiger partial charge in [-0.2, -0.15) is 0 Å². The minimum atomic E-state index is -0.0138. The van der Waals surface area contributed by atoms with E-state index in [1.54, 1.807) is 26.4 Å². The number of hydrogen-bond donors (Lipinski definition) is 1. The first kappa shape index (κ1) is 17.5. The van der Waals surface area contributed by atoms with Crippen LogP contribution in [0.3, 0.4) is 0 Å². The van der Waals surface area contributed by atoms with Crippen LogP contribution >= 0.6 is 0 Å². The van der Waals surface area contributed by atoms with Crippen LogP contribution in [0.15, 0.2) is 24.4 Å². The minimum Gasteiger partial charge on any atom is -0.497 e. The number of aromatic amines is 1. The molecule has 1 fully saturated rings. The van der Waals surface area contributed by atoms with Crippen molar-refractivity contribution in [3.63, 3.8) is 0 Å². The Morgan fingerprint density at radius 1 is 1.36 bits per heavy atom. The lowest BCUT2D eigenvalue weighted by Crippen LogP contribution is -2.38. The topological polar surface area (TPSA) is 67.5 Å². The number of ether oxygens (including phenoxy) is 2. The Bertz CT molecular complexity index is 741. The van der Waals surface area contributed by atoms with Crippen LogP contribution in [0.5, 0.6) is 11.5 Å². The quantitative estimate of drug-likeness (QED) is 0.817. The summed E-state index contributed by atoms with van der Waals surface area (Å²) in [5, 5.41) is 0. The predicted molar refractivity (Wildman–Crippen MR) is 95.2 cm³/mol. The highest BCUT2D eigenvalue weighted by Crippen LogP contribution is 2.29. The van der Waals surface area contributed by atoms with Crippen molar-refractivity contribution in [1.29, 1.82) is 0 Å². The Labute approximate surface area is 148 Å². The van der Waals surface area contributed by atoms with E-state index in [0.717, 1.165) is 44.0 Å². The Morgan fingerprint density at radius 3 is 2.88 bits per heavy atom. The lowest BCUT2D eigenvalue weighted by Gasteiger charge is -2.31. The molecule has 0 bridgehead atoms. The number of carbonyl (C=O) groups is 1. The third-order valence-corrected chi connectivity index (χ3v) is 4.70. The summed E-state index contributed by atoms with van der Waals surface area (Å²) in [6.45, 7) is 4.50. The van der Waals surface area contributed by atoms with Gasteiger partial charge in [-0.15, -0.1) is 0 Å². The summed E-state index contributed by atoms with van der Waals surface area (Å²) >= 11 is 0. The standard InChI is InChI=1S/C19H25N3O3/c1-13-20-10-15(21-13)12-22-8-4-5-14(11-22)19(23)17-7-6-16(24-2)9-18(17)25-3/h6-7,9-10,14H,4-5,8,11-12H2,1-3H3,(H,20,21)/t14-/m0/s1. The molecule has 6 nitrogen and oxygen atoms in total. The molecule has 2 aromatic rings. The largest absolute Gasteiger partial charge is 0.497 e. The maximum absolute atomic E-state index is 13.0. The second kappa shape index (κ2) is 7.70. The normalized spacial score (nSPS) is 18.1. The van der Waals surface area contributed by atoms with E-state index in [1.807, 2.05) is 19.2 Å². The van der Waals surface area contributed by atoms with Crippen LogP contribution < -0.4 is 9.47 Å². The first-order chi connectivity index (χ1) is 12.1. The number of likely N-dealkylation sites (tertiary alicyclic amines) is 1. The highest BCUT2D eigenvalue weighted by molar-refractivity contribution is 6.00. The number of aromatic nitrogens is 2. The van der Waals surface area contributed by atoms with Gasteiger partial charge >= 0.3 is 0 Å². The molecular weight excluding hydrogens is 318 g/mol. The van der Waals surface area contributed by atoms with Crippen LogP contribution in [0.25, 0.3) is 0 Å². The fourth-order valence-corrected chi connectivity index (χ4v) is 3.43. The third-order valence-electron chi connectivity index (χ3n) is 4.70. The Kier molecular flexibility index (Phi) is 5.38. The maximum atomic E-state index is 13.0. The molecule has 1 aromatic heterocycles. The second-order valence-electron chi connectivity index (χ2n) is 6.50. The fourth-order valence-electron chi connectivity index (χ4n) is 3.43. The highest BCUT2D eigenvalue weighted by atomic mass is 16.5. The molecule has 0 amide bonds. The number of benzene rings is 1. The maximum Gasteiger partial charge on any atom is 0.170 e. The summed E-state index contributed by atoms with van der Waals surface area (Å²) < 4.78 is 10.6. The summed E-state index contributed by atoms with van der Waals surface area (Å²) in [6, 6.07) is 5.38. The van der Waals surface area contributed by atoms with E-state index >= 15 is 0 Å². The number of ketones is 1. The molecule has 1 saturated heterocycles. The van der Waals surface area contributed by atoms with Gasteiger partial charge in [0.15, 0.2) is 5.78 Å². The monoisotopic (exact) mass is 343 g/mol. The summed E-state index contributed by atoms with van der Waals surface area (Å²) in [6.07, 6.45) is 3.79. The Hall–Kier alpha value is -2.34. The molecule has 3 rings (SSSR count). The molecule has 6 heteroatoms. The first-order valence-corrected chi connectivity index (χ1v) is 8.59. The predicted octanol–water partition coefficient (Wildman–Crippen LogP) is 2.83. The van der Waals surface area contributed by atoms with E-state index in [2.05, 4.69) is 14.9 Å². The van der Waals surface area contributed by atoms with Gasteiger partial charge in [-0.05, 0) is 38.4 Å². The van der Waals surface area contributed by atoms with Gasteiger partial charge in [-0.25, -0.2) is 4.98 Å². The van der Waals surface area contributed by atoms with E-state index in [4.69, 9.17) is 9.47 Å². The zero-order chi connectivity index (χ0) is 17.8. The summed E-state index contributed by atoms with van der Waals surface area (Å²) in [4.78, 5) is 22.8. The Balaban J connectivity index is 1.71. The van der Waals surface area contributed by atoms with Crippen molar-refractivity contribution in [2.45, 2.75) is 26.3 Å². The van der Waals surface area contributed by atoms with E-state index in [1.165, 1.54) is 0 Å². The van der Waals surface area contributed by atoms with Crippen molar-refractivity contribution < 1.29 is 14.3 Å². The van der Waals surface area contributed by atoms with Crippen molar-refractivity contribution in [2.24, 2.45) is 5.92 Å². The number of carbonyl (C=O) groups excluding carboxylic acids is 1. The number of nitrogens with one attached hydrogen (secondary N) is 1.